The van der Waals surface area contributed by atoms with Crippen molar-refractivity contribution in [3.63, 3.8) is 0 Å². The maximum atomic E-state index is 10.7. The number of aromatic nitrogens is 1. The Morgan fingerprint density at radius 1 is 1.21 bits per heavy atom. The van der Waals surface area contributed by atoms with E-state index < -0.39 is 5.97 Å². The van der Waals surface area contributed by atoms with Crippen LogP contribution in [0.15, 0.2) is 24.5 Å². The van der Waals surface area contributed by atoms with E-state index in [1.807, 2.05) is 36.1 Å². The number of nitrogens with zero attached hydrogens (tertiary/aromatic N) is 1. The van der Waals surface area contributed by atoms with Gasteiger partial charge < -0.3 is 9.90 Å². The molecule has 0 radical (unpaired) electrons. The summed E-state index contributed by atoms with van der Waals surface area (Å²) >= 11 is 0. The number of rotatable bonds is 1. The molecule has 0 aromatic carbocycles. The molecule has 14 heavy (non-hydrogen) atoms. The number of hydrogen-bond donors (Lipinski definition) is 0. The van der Waals surface area contributed by atoms with E-state index in [0.29, 0.717) is 0 Å². The first-order chi connectivity index (χ1) is 6.43. The van der Waals surface area contributed by atoms with Gasteiger partial charge in [0.25, 0.3) is 0 Å². The Morgan fingerprint density at radius 2 is 1.57 bits per heavy atom. The molecular formula is C10H13NO3. The van der Waals surface area contributed by atoms with Crippen LogP contribution in [-0.4, -0.2) is 11.8 Å². The van der Waals surface area contributed by atoms with Crippen LogP contribution in [0.5, 0.6) is 0 Å². The Hall–Kier alpha value is -1.71. The van der Waals surface area contributed by atoms with Gasteiger partial charge in [-0.1, -0.05) is 0 Å². The van der Waals surface area contributed by atoms with E-state index in [2.05, 4.69) is 0 Å². The molecule has 4 heteroatoms. The molecule has 0 aliphatic rings. The Bertz CT molecular complexity index is 313. The summed E-state index contributed by atoms with van der Waals surface area (Å²) in [4.78, 5) is 19.6. The van der Waals surface area contributed by atoms with Crippen LogP contribution in [0.3, 0.4) is 0 Å². The summed E-state index contributed by atoms with van der Waals surface area (Å²) in [6, 6.07) is 3.62. The van der Waals surface area contributed by atoms with Crippen LogP contribution in [-0.2, 0) is 11.8 Å². The predicted octanol–water partition coefficient (Wildman–Crippen LogP) is -0.530. The number of aryl methyl sites for hydroxylation is 1. The molecule has 0 atom stereocenters. The minimum atomic E-state index is -1.08. The second-order valence-electron chi connectivity index (χ2n) is 2.80. The lowest BCUT2D eigenvalue weighted by Gasteiger charge is -1.90. The second kappa shape index (κ2) is 5.85. The van der Waals surface area contributed by atoms with Crippen molar-refractivity contribution >= 4 is 11.8 Å². The summed E-state index contributed by atoms with van der Waals surface area (Å²) in [5, 5.41) is 8.89. The molecule has 0 unspecified atom stereocenters. The molecule has 0 fully saturated rings. The highest BCUT2D eigenvalue weighted by Gasteiger charge is 1.98. The van der Waals surface area contributed by atoms with Crippen LogP contribution in [0, 0.1) is 0 Å². The van der Waals surface area contributed by atoms with Crippen LogP contribution < -0.4 is 9.67 Å². The van der Waals surface area contributed by atoms with Crippen molar-refractivity contribution in [1.29, 1.82) is 0 Å². The third kappa shape index (κ3) is 5.88. The number of carbonyl (C=O) groups is 2. The molecule has 1 aromatic heterocycles. The van der Waals surface area contributed by atoms with E-state index in [-0.39, 0.29) is 5.78 Å². The standard InChI is InChI=1S/C8H10NO.C2H4O2/c1-7(10)8-3-5-9(2)6-4-8;1-2(3)4/h3-6H,1-2H3;1H3,(H,3,4)/q+1;/p-1. The highest BCUT2D eigenvalue weighted by Crippen LogP contribution is 1.94. The van der Waals surface area contributed by atoms with Gasteiger partial charge in [0.15, 0.2) is 18.2 Å². The van der Waals surface area contributed by atoms with E-state index in [4.69, 9.17) is 9.90 Å². The third-order valence-corrected chi connectivity index (χ3v) is 1.38. The van der Waals surface area contributed by atoms with Crippen LogP contribution in [0.2, 0.25) is 0 Å². The number of aliphatic carboxylic acids is 1. The second-order valence-corrected chi connectivity index (χ2v) is 2.80. The van der Waals surface area contributed by atoms with Gasteiger partial charge >= 0.3 is 0 Å². The smallest absolute Gasteiger partial charge is 0.169 e. The molecule has 1 rings (SSSR count). The molecule has 0 amide bonds. The van der Waals surface area contributed by atoms with Crippen molar-refractivity contribution in [2.24, 2.45) is 7.05 Å². The summed E-state index contributed by atoms with van der Waals surface area (Å²) in [5.74, 6) is -0.972. The lowest BCUT2D eigenvalue weighted by atomic mass is 10.2. The van der Waals surface area contributed by atoms with Crippen molar-refractivity contribution in [2.75, 3.05) is 0 Å². The lowest BCUT2D eigenvalue weighted by Crippen LogP contribution is -2.26. The van der Waals surface area contributed by atoms with Gasteiger partial charge in [0, 0.05) is 23.7 Å². The van der Waals surface area contributed by atoms with E-state index in [1.54, 1.807) is 6.92 Å². The number of ketones is 1. The lowest BCUT2D eigenvalue weighted by molar-refractivity contribution is -0.671. The molecule has 76 valence electrons. The molecular weight excluding hydrogens is 182 g/mol. The fraction of sp³-hybridized carbons (Fsp3) is 0.300. The van der Waals surface area contributed by atoms with Crippen LogP contribution in [0.4, 0.5) is 0 Å². The Labute approximate surface area is 82.8 Å². The molecule has 1 heterocycles. The molecule has 0 N–H and O–H groups in total. The number of carboxylic acid groups (broad SMARTS) is 1. The normalized spacial score (nSPS) is 8.50. The van der Waals surface area contributed by atoms with Gasteiger partial charge in [0.2, 0.25) is 0 Å². The number of Topliss-reactive ketones (excluding diaryl/α,β-unsaturated/α-hetero) is 1. The number of carbonyl (C=O) groups excluding carboxylic acids is 2. The third-order valence-electron chi connectivity index (χ3n) is 1.38. The van der Waals surface area contributed by atoms with Crippen molar-refractivity contribution in [2.45, 2.75) is 13.8 Å². The zero-order valence-electron chi connectivity index (χ0n) is 8.48. The first-order valence-electron chi connectivity index (χ1n) is 4.07. The summed E-state index contributed by atoms with van der Waals surface area (Å²) in [7, 11) is 1.92. The summed E-state index contributed by atoms with van der Waals surface area (Å²) in [6.07, 6.45) is 3.72. The molecule has 4 nitrogen and oxygen atoms in total. The van der Waals surface area contributed by atoms with E-state index in [1.165, 1.54) is 0 Å². The zero-order chi connectivity index (χ0) is 11.1. The van der Waals surface area contributed by atoms with Gasteiger partial charge in [-0.15, -0.1) is 0 Å². The van der Waals surface area contributed by atoms with Crippen molar-refractivity contribution in [3.05, 3.63) is 30.1 Å². The average molecular weight is 195 g/mol. The zero-order valence-corrected chi connectivity index (χ0v) is 8.48. The molecule has 0 bridgehead atoms. The van der Waals surface area contributed by atoms with Gasteiger partial charge in [0.05, 0.1) is 0 Å². The SMILES string of the molecule is CC(=O)[O-].CC(=O)c1cc[n+](C)cc1. The minimum Gasteiger partial charge on any atom is -0.550 e. The van der Waals surface area contributed by atoms with Crippen LogP contribution in [0.1, 0.15) is 24.2 Å². The molecule has 0 aliphatic heterocycles. The number of pyridine rings is 1. The average Bonchev–Trinajstić information content (AvgIpc) is 2.03. The Morgan fingerprint density at radius 3 is 1.86 bits per heavy atom. The Balaban J connectivity index is 0.000000364. The van der Waals surface area contributed by atoms with Crippen LogP contribution in [0.25, 0.3) is 0 Å². The molecule has 0 saturated heterocycles. The van der Waals surface area contributed by atoms with E-state index >= 15 is 0 Å². The van der Waals surface area contributed by atoms with Gasteiger partial charge in [-0.05, 0) is 13.8 Å². The summed E-state index contributed by atoms with van der Waals surface area (Å²) in [5.41, 5.74) is 0.762. The van der Waals surface area contributed by atoms with Crippen LogP contribution >= 0.6 is 0 Å². The quantitative estimate of drug-likeness (QED) is 0.447. The molecule has 0 saturated carbocycles. The van der Waals surface area contributed by atoms with Crippen molar-refractivity contribution in [3.8, 4) is 0 Å². The number of carboxylic acids is 1. The van der Waals surface area contributed by atoms with Gasteiger partial charge in [-0.2, -0.15) is 0 Å². The topological polar surface area (TPSA) is 61.1 Å². The van der Waals surface area contributed by atoms with E-state index in [9.17, 15) is 4.79 Å². The molecule has 0 aliphatic carbocycles. The molecule has 1 aromatic rings. The van der Waals surface area contributed by atoms with Gasteiger partial charge in [-0.25, -0.2) is 4.57 Å². The van der Waals surface area contributed by atoms with Crippen molar-refractivity contribution in [1.82, 2.24) is 0 Å². The van der Waals surface area contributed by atoms with Gasteiger partial charge in [0.1, 0.15) is 7.05 Å². The Kier molecular flexibility index (Phi) is 5.14. The number of hydrogen-bond acceptors (Lipinski definition) is 3. The maximum Gasteiger partial charge on any atom is 0.169 e. The highest BCUT2D eigenvalue weighted by molar-refractivity contribution is 5.93. The monoisotopic (exact) mass is 195 g/mol. The first-order valence-corrected chi connectivity index (χ1v) is 4.07. The first kappa shape index (κ1) is 12.3. The summed E-state index contributed by atoms with van der Waals surface area (Å²) < 4.78 is 1.90. The predicted molar refractivity (Wildman–Crippen MR) is 48.3 cm³/mol. The van der Waals surface area contributed by atoms with Crippen molar-refractivity contribution < 1.29 is 19.3 Å². The van der Waals surface area contributed by atoms with Gasteiger partial charge in [-0.3, -0.25) is 4.79 Å². The van der Waals surface area contributed by atoms with E-state index in [0.717, 1.165) is 12.5 Å². The fourth-order valence-corrected chi connectivity index (χ4v) is 0.736. The maximum absolute atomic E-state index is 10.7. The molecule has 0 spiro atoms. The largest absolute Gasteiger partial charge is 0.550 e. The highest BCUT2D eigenvalue weighted by atomic mass is 16.4. The minimum absolute atomic E-state index is 0.112. The summed E-state index contributed by atoms with van der Waals surface area (Å²) in [6.45, 7) is 2.54. The fourth-order valence-electron chi connectivity index (χ4n) is 0.736.